The van der Waals surface area contributed by atoms with Gasteiger partial charge in [-0.25, -0.2) is 4.79 Å². The normalized spacial score (nSPS) is 25.1. The maximum absolute atomic E-state index is 12.0. The molecule has 2 fully saturated rings. The van der Waals surface area contributed by atoms with Crippen LogP contribution in [-0.4, -0.2) is 41.9 Å². The number of likely N-dealkylation sites (tertiary alicyclic amines) is 1. The summed E-state index contributed by atoms with van der Waals surface area (Å²) in [5, 5.41) is 5.27. The molecule has 6 heteroatoms. The molecule has 6 nitrogen and oxygen atoms in total. The summed E-state index contributed by atoms with van der Waals surface area (Å²) in [5.41, 5.74) is 0. The van der Waals surface area contributed by atoms with Gasteiger partial charge in [0.1, 0.15) is 6.04 Å². The fourth-order valence-electron chi connectivity index (χ4n) is 1.96. The second-order valence-corrected chi connectivity index (χ2v) is 4.55. The van der Waals surface area contributed by atoms with E-state index in [0.29, 0.717) is 19.4 Å². The van der Waals surface area contributed by atoms with Crippen molar-refractivity contribution in [3.8, 4) is 0 Å². The van der Waals surface area contributed by atoms with Crippen LogP contribution in [0.4, 0.5) is 4.79 Å². The van der Waals surface area contributed by atoms with Crippen molar-refractivity contribution < 1.29 is 14.4 Å². The number of carbonyl (C=O) groups excluding carboxylic acids is 3. The lowest BCUT2D eigenvalue weighted by molar-refractivity contribution is -0.131. The van der Waals surface area contributed by atoms with E-state index >= 15 is 0 Å². The number of hydrogen-bond acceptors (Lipinski definition) is 3. The molecule has 0 radical (unpaired) electrons. The Labute approximate surface area is 99.7 Å². The average Bonchev–Trinajstić information content (AvgIpc) is 3.10. The summed E-state index contributed by atoms with van der Waals surface area (Å²) in [7, 11) is 0. The first-order chi connectivity index (χ1) is 8.22. The predicted octanol–water partition coefficient (Wildman–Crippen LogP) is -0.0145. The maximum Gasteiger partial charge on any atom is 0.324 e. The number of imide groups is 1. The molecule has 2 rings (SSSR count). The lowest BCUT2D eigenvalue weighted by atomic mass is 10.1. The highest BCUT2D eigenvalue weighted by atomic mass is 16.2. The Morgan fingerprint density at radius 1 is 1.29 bits per heavy atom. The van der Waals surface area contributed by atoms with Crippen molar-refractivity contribution in [2.75, 3.05) is 6.54 Å². The van der Waals surface area contributed by atoms with Crippen molar-refractivity contribution in [3.05, 3.63) is 0 Å². The lowest BCUT2D eigenvalue weighted by Gasteiger charge is -2.22. The van der Waals surface area contributed by atoms with Crippen LogP contribution in [-0.2, 0) is 9.59 Å². The quantitative estimate of drug-likeness (QED) is 0.680. The van der Waals surface area contributed by atoms with Crippen molar-refractivity contribution in [3.63, 3.8) is 0 Å². The molecule has 1 saturated carbocycles. The molecule has 0 spiro atoms. The minimum Gasteiger partial charge on any atom is -0.347 e. The van der Waals surface area contributed by atoms with Crippen molar-refractivity contribution in [1.29, 1.82) is 0 Å². The van der Waals surface area contributed by atoms with Gasteiger partial charge in [0.25, 0.3) is 5.91 Å². The van der Waals surface area contributed by atoms with Crippen molar-refractivity contribution in [2.45, 2.75) is 44.2 Å². The van der Waals surface area contributed by atoms with Crippen LogP contribution in [0.15, 0.2) is 0 Å². The third-order valence-electron chi connectivity index (χ3n) is 3.11. The van der Waals surface area contributed by atoms with Crippen LogP contribution in [0.3, 0.4) is 0 Å². The van der Waals surface area contributed by atoms with Gasteiger partial charge in [0, 0.05) is 12.6 Å². The zero-order valence-electron chi connectivity index (χ0n) is 9.65. The summed E-state index contributed by atoms with van der Waals surface area (Å²) in [6.07, 6.45) is 4.73. The molecule has 0 aromatic heterocycles. The Morgan fingerprint density at radius 2 is 2.06 bits per heavy atom. The number of carbonyl (C=O) groups is 3. The number of nitrogens with zero attached hydrogens (tertiary/aromatic N) is 1. The Kier molecular flexibility index (Phi) is 3.61. The predicted molar refractivity (Wildman–Crippen MR) is 60.1 cm³/mol. The summed E-state index contributed by atoms with van der Waals surface area (Å²) in [6, 6.07) is -0.645. The van der Waals surface area contributed by atoms with Crippen LogP contribution in [0, 0.1) is 0 Å². The Balaban J connectivity index is 1.99. The highest BCUT2D eigenvalue weighted by Gasteiger charge is 2.33. The lowest BCUT2D eigenvalue weighted by Crippen LogP contribution is -2.51. The topological polar surface area (TPSA) is 78.5 Å². The molecule has 0 bridgehead atoms. The molecule has 1 saturated heterocycles. The minimum absolute atomic E-state index is 0.232. The van der Waals surface area contributed by atoms with E-state index in [1.165, 1.54) is 4.90 Å². The molecule has 1 atom stereocenters. The van der Waals surface area contributed by atoms with E-state index in [1.54, 1.807) is 0 Å². The molecular weight excluding hydrogens is 222 g/mol. The van der Waals surface area contributed by atoms with Crippen LogP contribution in [0.2, 0.25) is 0 Å². The Bertz CT molecular complexity index is 328. The number of urea groups is 1. The summed E-state index contributed by atoms with van der Waals surface area (Å²) >= 11 is 0. The second-order valence-electron chi connectivity index (χ2n) is 4.55. The molecule has 1 heterocycles. The Hall–Kier alpha value is -1.59. The van der Waals surface area contributed by atoms with Gasteiger partial charge in [0.15, 0.2) is 0 Å². The molecule has 2 aliphatic rings. The molecule has 17 heavy (non-hydrogen) atoms. The van der Waals surface area contributed by atoms with E-state index in [2.05, 4.69) is 10.6 Å². The van der Waals surface area contributed by atoms with Gasteiger partial charge in [0.05, 0.1) is 0 Å². The first-order valence-electron chi connectivity index (χ1n) is 6.04. The first-order valence-corrected chi connectivity index (χ1v) is 6.04. The SMILES string of the molecule is O=CN[C@H]1CCCCN(C(=O)NC2CC2)C1=O. The van der Waals surface area contributed by atoms with Gasteiger partial charge in [0.2, 0.25) is 6.41 Å². The van der Waals surface area contributed by atoms with Crippen LogP contribution >= 0.6 is 0 Å². The van der Waals surface area contributed by atoms with Gasteiger partial charge in [-0.3, -0.25) is 14.5 Å². The number of amides is 4. The standard InChI is InChI=1S/C11H17N3O3/c15-7-12-9-3-1-2-6-14(10(9)16)11(17)13-8-4-5-8/h7-9H,1-6H2,(H,12,15)(H,13,17)/t9-/m0/s1. The fourth-order valence-corrected chi connectivity index (χ4v) is 1.96. The molecule has 0 unspecified atom stereocenters. The summed E-state index contributed by atoms with van der Waals surface area (Å²) in [6.45, 7) is 0.439. The Morgan fingerprint density at radius 3 is 2.71 bits per heavy atom. The van der Waals surface area contributed by atoms with E-state index in [0.717, 1.165) is 25.7 Å². The van der Waals surface area contributed by atoms with Gasteiger partial charge in [-0.2, -0.15) is 0 Å². The third-order valence-corrected chi connectivity index (χ3v) is 3.11. The van der Waals surface area contributed by atoms with Gasteiger partial charge < -0.3 is 10.6 Å². The van der Waals surface area contributed by atoms with Crippen LogP contribution < -0.4 is 10.6 Å². The van der Waals surface area contributed by atoms with Gasteiger partial charge in [-0.15, -0.1) is 0 Å². The smallest absolute Gasteiger partial charge is 0.324 e. The fraction of sp³-hybridized carbons (Fsp3) is 0.727. The molecule has 94 valence electrons. The van der Waals surface area contributed by atoms with Crippen molar-refractivity contribution in [1.82, 2.24) is 15.5 Å². The van der Waals surface area contributed by atoms with E-state index in [9.17, 15) is 14.4 Å². The van der Waals surface area contributed by atoms with E-state index in [-0.39, 0.29) is 18.0 Å². The monoisotopic (exact) mass is 239 g/mol. The number of nitrogens with one attached hydrogen (secondary N) is 2. The second kappa shape index (κ2) is 5.16. The first kappa shape index (κ1) is 11.9. The summed E-state index contributed by atoms with van der Waals surface area (Å²) in [4.78, 5) is 35.5. The number of hydrogen-bond donors (Lipinski definition) is 2. The largest absolute Gasteiger partial charge is 0.347 e. The molecule has 4 amide bonds. The molecule has 2 N–H and O–H groups in total. The van der Waals surface area contributed by atoms with E-state index in [4.69, 9.17) is 0 Å². The zero-order valence-corrected chi connectivity index (χ0v) is 9.65. The third kappa shape index (κ3) is 2.95. The van der Waals surface area contributed by atoms with Crippen molar-refractivity contribution >= 4 is 18.3 Å². The molecule has 1 aliphatic heterocycles. The van der Waals surface area contributed by atoms with E-state index in [1.807, 2.05) is 0 Å². The highest BCUT2D eigenvalue weighted by Crippen LogP contribution is 2.20. The summed E-state index contributed by atoms with van der Waals surface area (Å²) < 4.78 is 0. The molecule has 0 aromatic rings. The number of rotatable bonds is 3. The molecule has 1 aliphatic carbocycles. The zero-order chi connectivity index (χ0) is 12.3. The van der Waals surface area contributed by atoms with Gasteiger partial charge >= 0.3 is 6.03 Å². The van der Waals surface area contributed by atoms with E-state index < -0.39 is 6.04 Å². The van der Waals surface area contributed by atoms with Crippen molar-refractivity contribution in [2.24, 2.45) is 0 Å². The van der Waals surface area contributed by atoms with Gasteiger partial charge in [-0.05, 0) is 32.1 Å². The van der Waals surface area contributed by atoms with Gasteiger partial charge in [-0.1, -0.05) is 0 Å². The molecular formula is C11H17N3O3. The maximum atomic E-state index is 12.0. The minimum atomic E-state index is -0.556. The average molecular weight is 239 g/mol. The molecule has 0 aromatic carbocycles. The van der Waals surface area contributed by atoms with Crippen LogP contribution in [0.5, 0.6) is 0 Å². The highest BCUT2D eigenvalue weighted by molar-refractivity contribution is 5.98. The summed E-state index contributed by atoms with van der Waals surface area (Å²) in [5.74, 6) is -0.298. The van der Waals surface area contributed by atoms with Crippen LogP contribution in [0.25, 0.3) is 0 Å². The van der Waals surface area contributed by atoms with Crippen LogP contribution in [0.1, 0.15) is 32.1 Å².